The van der Waals surface area contributed by atoms with Crippen LogP contribution in [0.3, 0.4) is 0 Å². The van der Waals surface area contributed by atoms with Gasteiger partial charge < -0.3 is 14.8 Å². The van der Waals surface area contributed by atoms with Crippen LogP contribution < -0.4 is 20.3 Å². The van der Waals surface area contributed by atoms with E-state index in [0.29, 0.717) is 44.8 Å². The summed E-state index contributed by atoms with van der Waals surface area (Å²) in [5, 5.41) is 3.86. The number of carbonyl (C=O) groups excluding carboxylic acids is 1. The standard InChI is InChI=1S/C27H30ClN3O4S/c1-17(25(32)29-20-11-7-10-19(28)14-20)36-27-30-22-16-24(35-3)23(34-2)15-21(22)26(33)31(27)13-12-18-8-5-4-6-9-18/h7-8,10-11,14-17H,4-6,9,12-13H2,1-3H3,(H,29,32)/t17-/m1/s1. The van der Waals surface area contributed by atoms with E-state index in [0.717, 1.165) is 19.3 Å². The summed E-state index contributed by atoms with van der Waals surface area (Å²) >= 11 is 7.30. The van der Waals surface area contributed by atoms with Crippen LogP contribution in [0, 0.1) is 0 Å². The lowest BCUT2D eigenvalue weighted by Crippen LogP contribution is -2.27. The third kappa shape index (κ3) is 6.05. The number of halogens is 1. The molecule has 1 heterocycles. The number of amides is 1. The number of methoxy groups -OCH3 is 2. The van der Waals surface area contributed by atoms with E-state index in [1.54, 1.807) is 55.0 Å². The first-order chi connectivity index (χ1) is 17.4. The van der Waals surface area contributed by atoms with Crippen molar-refractivity contribution in [3.63, 3.8) is 0 Å². The molecule has 0 fully saturated rings. The SMILES string of the molecule is COc1cc2nc(S[C@H](C)C(=O)Nc3cccc(Cl)c3)n(CCC3=CCCCC3)c(=O)c2cc1OC. The Hall–Kier alpha value is -2.97. The molecule has 1 aromatic heterocycles. The Morgan fingerprint density at radius 2 is 1.97 bits per heavy atom. The lowest BCUT2D eigenvalue weighted by atomic mass is 9.97. The first kappa shape index (κ1) is 26.1. The lowest BCUT2D eigenvalue weighted by Gasteiger charge is -2.18. The number of hydrogen-bond acceptors (Lipinski definition) is 6. The highest BCUT2D eigenvalue weighted by molar-refractivity contribution is 8.00. The molecule has 1 aliphatic rings. The second-order valence-electron chi connectivity index (χ2n) is 8.69. The van der Waals surface area contributed by atoms with Gasteiger partial charge in [-0.05, 0) is 63.3 Å². The summed E-state index contributed by atoms with van der Waals surface area (Å²) in [5.41, 5.74) is 2.31. The molecule has 0 unspecified atom stereocenters. The molecule has 0 saturated heterocycles. The zero-order valence-electron chi connectivity index (χ0n) is 20.7. The maximum absolute atomic E-state index is 13.6. The van der Waals surface area contributed by atoms with Gasteiger partial charge in [-0.15, -0.1) is 0 Å². The highest BCUT2D eigenvalue weighted by Gasteiger charge is 2.21. The summed E-state index contributed by atoms with van der Waals surface area (Å²) in [7, 11) is 3.08. The summed E-state index contributed by atoms with van der Waals surface area (Å²) < 4.78 is 12.5. The number of thioether (sulfide) groups is 1. The van der Waals surface area contributed by atoms with Gasteiger partial charge in [-0.25, -0.2) is 4.98 Å². The van der Waals surface area contributed by atoms with E-state index in [4.69, 9.17) is 26.1 Å². The summed E-state index contributed by atoms with van der Waals surface area (Å²) in [6.45, 7) is 2.29. The number of hydrogen-bond donors (Lipinski definition) is 1. The van der Waals surface area contributed by atoms with Crippen molar-refractivity contribution in [3.05, 3.63) is 63.4 Å². The number of ether oxygens (including phenoxy) is 2. The first-order valence-electron chi connectivity index (χ1n) is 12.0. The molecule has 2 aromatic carbocycles. The Balaban J connectivity index is 1.68. The number of nitrogens with one attached hydrogen (secondary N) is 1. The number of nitrogens with zero attached hydrogens (tertiary/aromatic N) is 2. The third-order valence-electron chi connectivity index (χ3n) is 6.21. The van der Waals surface area contributed by atoms with E-state index in [9.17, 15) is 9.59 Å². The van der Waals surface area contributed by atoms with Crippen LogP contribution in [-0.4, -0.2) is 34.9 Å². The molecule has 7 nitrogen and oxygen atoms in total. The van der Waals surface area contributed by atoms with Crippen LogP contribution in [0.15, 0.2) is 58.0 Å². The fourth-order valence-corrected chi connectivity index (χ4v) is 5.35. The molecule has 0 radical (unpaired) electrons. The predicted molar refractivity (Wildman–Crippen MR) is 146 cm³/mol. The zero-order valence-corrected chi connectivity index (χ0v) is 22.2. The maximum atomic E-state index is 13.6. The normalized spacial score (nSPS) is 14.3. The Morgan fingerprint density at radius 3 is 2.67 bits per heavy atom. The monoisotopic (exact) mass is 527 g/mol. The van der Waals surface area contributed by atoms with Gasteiger partial charge >= 0.3 is 0 Å². The smallest absolute Gasteiger partial charge is 0.262 e. The number of allylic oxidation sites excluding steroid dienone is 2. The quantitative estimate of drug-likeness (QED) is 0.206. The topological polar surface area (TPSA) is 82.5 Å². The Labute approximate surface area is 219 Å². The molecule has 0 bridgehead atoms. The van der Waals surface area contributed by atoms with Crippen molar-refractivity contribution in [2.45, 2.75) is 56.0 Å². The number of anilines is 1. The summed E-state index contributed by atoms with van der Waals surface area (Å²) in [5.74, 6) is 0.760. The molecule has 1 amide bonds. The minimum atomic E-state index is -0.506. The van der Waals surface area contributed by atoms with E-state index in [1.165, 1.54) is 37.3 Å². The average Bonchev–Trinajstić information content (AvgIpc) is 2.88. The predicted octanol–water partition coefficient (Wildman–Crippen LogP) is 6.08. The number of aromatic nitrogens is 2. The molecular formula is C27H30ClN3O4S. The number of rotatable bonds is 9. The number of carbonyl (C=O) groups is 1. The van der Waals surface area contributed by atoms with Crippen molar-refractivity contribution in [1.29, 1.82) is 0 Å². The van der Waals surface area contributed by atoms with Crippen molar-refractivity contribution < 1.29 is 14.3 Å². The van der Waals surface area contributed by atoms with Gasteiger partial charge in [-0.3, -0.25) is 14.2 Å². The molecule has 190 valence electrons. The van der Waals surface area contributed by atoms with Crippen molar-refractivity contribution >= 4 is 45.9 Å². The van der Waals surface area contributed by atoms with Crippen LogP contribution in [0.25, 0.3) is 10.9 Å². The van der Waals surface area contributed by atoms with Crippen LogP contribution >= 0.6 is 23.4 Å². The molecule has 36 heavy (non-hydrogen) atoms. The van der Waals surface area contributed by atoms with Crippen LogP contribution in [0.1, 0.15) is 39.0 Å². The van der Waals surface area contributed by atoms with Gasteiger partial charge in [0, 0.05) is 23.3 Å². The summed E-state index contributed by atoms with van der Waals surface area (Å²) in [6.07, 6.45) is 7.59. The second-order valence-corrected chi connectivity index (χ2v) is 10.4. The fourth-order valence-electron chi connectivity index (χ4n) is 4.22. The van der Waals surface area contributed by atoms with E-state index in [2.05, 4.69) is 11.4 Å². The Kier molecular flexibility index (Phi) is 8.59. The minimum absolute atomic E-state index is 0.165. The Bertz CT molecular complexity index is 1350. The summed E-state index contributed by atoms with van der Waals surface area (Å²) in [4.78, 5) is 31.4. The van der Waals surface area contributed by atoms with E-state index < -0.39 is 5.25 Å². The van der Waals surface area contributed by atoms with Gasteiger partial charge in [0.2, 0.25) is 5.91 Å². The number of fused-ring (bicyclic) bond motifs is 1. The third-order valence-corrected chi connectivity index (χ3v) is 7.53. The molecule has 3 aromatic rings. The van der Waals surface area contributed by atoms with Gasteiger partial charge in [-0.1, -0.05) is 41.1 Å². The molecule has 1 aliphatic carbocycles. The average molecular weight is 528 g/mol. The highest BCUT2D eigenvalue weighted by atomic mass is 35.5. The molecule has 9 heteroatoms. The van der Waals surface area contributed by atoms with Crippen molar-refractivity contribution in [2.75, 3.05) is 19.5 Å². The van der Waals surface area contributed by atoms with Crippen molar-refractivity contribution in [2.24, 2.45) is 0 Å². The molecule has 1 atom stereocenters. The van der Waals surface area contributed by atoms with Gasteiger partial charge in [0.05, 0.1) is 30.4 Å². The molecule has 4 rings (SSSR count). The van der Waals surface area contributed by atoms with Crippen molar-refractivity contribution in [3.8, 4) is 11.5 Å². The van der Waals surface area contributed by atoms with Crippen LogP contribution in [0.2, 0.25) is 5.02 Å². The van der Waals surface area contributed by atoms with E-state index in [1.807, 2.05) is 0 Å². The van der Waals surface area contributed by atoms with Gasteiger partial charge in [0.1, 0.15) is 0 Å². The van der Waals surface area contributed by atoms with Gasteiger partial charge in [0.25, 0.3) is 5.56 Å². The molecular weight excluding hydrogens is 498 g/mol. The molecule has 0 saturated carbocycles. The van der Waals surface area contributed by atoms with E-state index in [-0.39, 0.29) is 11.5 Å². The first-order valence-corrected chi connectivity index (χ1v) is 13.2. The fraction of sp³-hybridized carbons (Fsp3) is 0.370. The minimum Gasteiger partial charge on any atom is -0.493 e. The zero-order chi connectivity index (χ0) is 25.7. The largest absolute Gasteiger partial charge is 0.493 e. The lowest BCUT2D eigenvalue weighted by molar-refractivity contribution is -0.115. The van der Waals surface area contributed by atoms with Crippen LogP contribution in [0.4, 0.5) is 5.69 Å². The molecule has 0 aliphatic heterocycles. The van der Waals surface area contributed by atoms with Gasteiger partial charge in [-0.2, -0.15) is 0 Å². The number of benzene rings is 2. The van der Waals surface area contributed by atoms with Crippen LogP contribution in [0.5, 0.6) is 11.5 Å². The summed E-state index contributed by atoms with van der Waals surface area (Å²) in [6, 6.07) is 10.4. The van der Waals surface area contributed by atoms with Crippen LogP contribution in [-0.2, 0) is 11.3 Å². The molecule has 1 N–H and O–H groups in total. The van der Waals surface area contributed by atoms with Crippen molar-refractivity contribution in [1.82, 2.24) is 9.55 Å². The Morgan fingerprint density at radius 1 is 1.19 bits per heavy atom. The maximum Gasteiger partial charge on any atom is 0.262 e. The highest BCUT2D eigenvalue weighted by Crippen LogP contribution is 2.32. The van der Waals surface area contributed by atoms with Gasteiger partial charge in [0.15, 0.2) is 16.7 Å². The van der Waals surface area contributed by atoms with E-state index >= 15 is 0 Å². The second kappa shape index (κ2) is 11.8. The molecule has 0 spiro atoms.